The average Bonchev–Trinajstić information content (AvgIpc) is 2.50. The van der Waals surface area contributed by atoms with E-state index in [1.54, 1.807) is 0 Å². The van der Waals surface area contributed by atoms with Gasteiger partial charge in [-0.2, -0.15) is 5.10 Å². The number of piperidine rings is 1. The van der Waals surface area contributed by atoms with Gasteiger partial charge >= 0.3 is 0 Å². The Kier molecular flexibility index (Phi) is 4.10. The normalized spacial score (nSPS) is 24.4. The molecular formula is C13H21BrClN3. The second-order valence-electron chi connectivity index (χ2n) is 5.93. The van der Waals surface area contributed by atoms with Crippen LogP contribution in [0.25, 0.3) is 0 Å². The van der Waals surface area contributed by atoms with Crippen molar-refractivity contribution in [1.29, 1.82) is 0 Å². The lowest BCUT2D eigenvalue weighted by atomic mass is 9.83. The summed E-state index contributed by atoms with van der Waals surface area (Å²) < 4.78 is 3.11. The molecule has 0 N–H and O–H groups in total. The first-order chi connectivity index (χ1) is 8.31. The molecule has 1 aliphatic heterocycles. The minimum Gasteiger partial charge on any atom is -0.297 e. The van der Waals surface area contributed by atoms with Crippen molar-refractivity contribution in [2.24, 2.45) is 12.5 Å². The van der Waals surface area contributed by atoms with E-state index < -0.39 is 0 Å². The summed E-state index contributed by atoms with van der Waals surface area (Å²) >= 11 is 10.0. The van der Waals surface area contributed by atoms with Crippen LogP contribution in [-0.4, -0.2) is 33.1 Å². The van der Waals surface area contributed by atoms with Gasteiger partial charge in [0.1, 0.15) is 0 Å². The van der Waals surface area contributed by atoms with Crippen LogP contribution < -0.4 is 0 Å². The molecule has 1 unspecified atom stereocenters. The second kappa shape index (κ2) is 5.14. The van der Waals surface area contributed by atoms with Crippen molar-refractivity contribution in [2.75, 3.05) is 13.1 Å². The molecule has 0 saturated carbocycles. The van der Waals surface area contributed by atoms with Gasteiger partial charge in [0.2, 0.25) is 0 Å². The zero-order chi connectivity index (χ0) is 13.5. The summed E-state index contributed by atoms with van der Waals surface area (Å²) in [5.41, 5.74) is 2.48. The summed E-state index contributed by atoms with van der Waals surface area (Å²) in [6, 6.07) is 0. The molecule has 0 aliphatic carbocycles. The van der Waals surface area contributed by atoms with E-state index in [1.165, 1.54) is 5.69 Å². The quantitative estimate of drug-likeness (QED) is 0.774. The SMILES string of the molecule is Cc1nn(C)c(CN2CCC(Cl)C(C)(C)C2)c1Br. The van der Waals surface area contributed by atoms with Crippen molar-refractivity contribution in [1.82, 2.24) is 14.7 Å². The van der Waals surface area contributed by atoms with Crippen molar-refractivity contribution < 1.29 is 0 Å². The molecule has 1 fully saturated rings. The Balaban J connectivity index is 2.11. The Hall–Kier alpha value is -0.0600. The Morgan fingerprint density at radius 1 is 1.50 bits per heavy atom. The molecule has 1 aliphatic rings. The summed E-state index contributed by atoms with van der Waals surface area (Å²) in [7, 11) is 2.01. The minimum absolute atomic E-state index is 0.180. The van der Waals surface area contributed by atoms with Crippen LogP contribution in [0.5, 0.6) is 0 Å². The Labute approximate surface area is 123 Å². The van der Waals surface area contributed by atoms with E-state index in [2.05, 4.69) is 39.8 Å². The van der Waals surface area contributed by atoms with E-state index in [0.717, 1.165) is 36.2 Å². The zero-order valence-corrected chi connectivity index (χ0v) is 13.8. The molecule has 0 spiro atoms. The molecule has 18 heavy (non-hydrogen) atoms. The van der Waals surface area contributed by atoms with Crippen LogP contribution in [0.4, 0.5) is 0 Å². The lowest BCUT2D eigenvalue weighted by Crippen LogP contribution is -2.46. The van der Waals surface area contributed by atoms with E-state index in [9.17, 15) is 0 Å². The number of rotatable bonds is 2. The van der Waals surface area contributed by atoms with E-state index in [1.807, 2.05) is 18.7 Å². The molecule has 0 radical (unpaired) electrons. The van der Waals surface area contributed by atoms with Gasteiger partial charge in [-0.25, -0.2) is 0 Å². The van der Waals surface area contributed by atoms with Gasteiger partial charge in [0.25, 0.3) is 0 Å². The summed E-state index contributed by atoms with van der Waals surface area (Å²) in [4.78, 5) is 2.47. The summed E-state index contributed by atoms with van der Waals surface area (Å²) in [5, 5.41) is 4.73. The van der Waals surface area contributed by atoms with Gasteiger partial charge < -0.3 is 0 Å². The molecule has 0 bridgehead atoms. The third-order valence-electron chi connectivity index (χ3n) is 3.81. The topological polar surface area (TPSA) is 21.1 Å². The predicted molar refractivity (Wildman–Crippen MR) is 79.0 cm³/mol. The smallest absolute Gasteiger partial charge is 0.0739 e. The highest BCUT2D eigenvalue weighted by Crippen LogP contribution is 2.34. The fourth-order valence-corrected chi connectivity index (χ4v) is 3.27. The van der Waals surface area contributed by atoms with Gasteiger partial charge in [0.05, 0.1) is 15.9 Å². The van der Waals surface area contributed by atoms with Gasteiger partial charge in [0, 0.05) is 25.5 Å². The number of halogens is 2. The Bertz CT molecular complexity index is 442. The molecule has 2 rings (SSSR count). The van der Waals surface area contributed by atoms with Crippen LogP contribution in [0.1, 0.15) is 31.7 Å². The molecule has 1 aromatic heterocycles. The van der Waals surface area contributed by atoms with Crippen LogP contribution >= 0.6 is 27.5 Å². The first-order valence-corrected chi connectivity index (χ1v) is 7.58. The standard InChI is InChI=1S/C13H21BrClN3/c1-9-12(14)10(17(4)16-9)7-18-6-5-11(15)13(2,3)8-18/h11H,5-8H2,1-4H3. The fraction of sp³-hybridized carbons (Fsp3) is 0.769. The average molecular weight is 335 g/mol. The van der Waals surface area contributed by atoms with E-state index >= 15 is 0 Å². The van der Waals surface area contributed by atoms with Crippen LogP contribution in [0, 0.1) is 12.3 Å². The highest BCUT2D eigenvalue weighted by molar-refractivity contribution is 9.10. The highest BCUT2D eigenvalue weighted by atomic mass is 79.9. The predicted octanol–water partition coefficient (Wildman–Crippen LogP) is 3.33. The lowest BCUT2D eigenvalue weighted by Gasteiger charge is -2.41. The van der Waals surface area contributed by atoms with Gasteiger partial charge in [-0.15, -0.1) is 11.6 Å². The molecule has 3 nitrogen and oxygen atoms in total. The zero-order valence-electron chi connectivity index (χ0n) is 11.5. The van der Waals surface area contributed by atoms with E-state index in [-0.39, 0.29) is 10.8 Å². The first-order valence-electron chi connectivity index (χ1n) is 6.35. The van der Waals surface area contributed by atoms with Crippen LogP contribution in [0.3, 0.4) is 0 Å². The Morgan fingerprint density at radius 2 is 2.17 bits per heavy atom. The number of nitrogens with zero attached hydrogens (tertiary/aromatic N) is 3. The molecule has 102 valence electrons. The van der Waals surface area contributed by atoms with Gasteiger partial charge in [-0.1, -0.05) is 13.8 Å². The number of likely N-dealkylation sites (tertiary alicyclic amines) is 1. The van der Waals surface area contributed by atoms with Crippen LogP contribution in [0.15, 0.2) is 4.47 Å². The van der Waals surface area contributed by atoms with E-state index in [0.29, 0.717) is 0 Å². The second-order valence-corrected chi connectivity index (χ2v) is 7.24. The molecule has 1 atom stereocenters. The minimum atomic E-state index is 0.180. The Morgan fingerprint density at radius 3 is 2.67 bits per heavy atom. The molecule has 2 heterocycles. The van der Waals surface area contributed by atoms with E-state index in [4.69, 9.17) is 11.6 Å². The third kappa shape index (κ3) is 2.75. The van der Waals surface area contributed by atoms with Crippen molar-refractivity contribution >= 4 is 27.5 Å². The van der Waals surface area contributed by atoms with Crippen molar-refractivity contribution in [3.05, 3.63) is 15.9 Å². The summed E-state index contributed by atoms with van der Waals surface area (Å²) in [6.45, 7) is 9.57. The number of hydrogen-bond acceptors (Lipinski definition) is 2. The molecule has 0 aromatic carbocycles. The number of aryl methyl sites for hydroxylation is 2. The van der Waals surface area contributed by atoms with Gasteiger partial charge in [-0.3, -0.25) is 9.58 Å². The molecule has 1 saturated heterocycles. The molecule has 0 amide bonds. The van der Waals surface area contributed by atoms with Crippen LogP contribution in [-0.2, 0) is 13.6 Å². The summed E-state index contributed by atoms with van der Waals surface area (Å²) in [6.07, 6.45) is 1.06. The van der Waals surface area contributed by atoms with Gasteiger partial charge in [0.15, 0.2) is 0 Å². The van der Waals surface area contributed by atoms with Crippen molar-refractivity contribution in [3.63, 3.8) is 0 Å². The largest absolute Gasteiger partial charge is 0.297 e. The number of hydrogen-bond donors (Lipinski definition) is 0. The molecule has 5 heteroatoms. The van der Waals surface area contributed by atoms with Gasteiger partial charge in [-0.05, 0) is 41.2 Å². The lowest BCUT2D eigenvalue weighted by molar-refractivity contribution is 0.113. The maximum atomic E-state index is 6.39. The van der Waals surface area contributed by atoms with Crippen molar-refractivity contribution in [2.45, 2.75) is 39.1 Å². The first kappa shape index (κ1) is 14.4. The maximum absolute atomic E-state index is 6.39. The van der Waals surface area contributed by atoms with Crippen LogP contribution in [0.2, 0.25) is 0 Å². The summed E-state index contributed by atoms with van der Waals surface area (Å²) in [5.74, 6) is 0. The molecular weight excluding hydrogens is 314 g/mol. The third-order valence-corrected chi connectivity index (χ3v) is 5.65. The van der Waals surface area contributed by atoms with Crippen molar-refractivity contribution in [3.8, 4) is 0 Å². The monoisotopic (exact) mass is 333 g/mol. The molecule has 1 aromatic rings. The highest BCUT2D eigenvalue weighted by Gasteiger charge is 2.34. The number of alkyl halides is 1. The number of aromatic nitrogens is 2. The fourth-order valence-electron chi connectivity index (χ4n) is 2.64. The maximum Gasteiger partial charge on any atom is 0.0739 e.